The first-order valence-electron chi connectivity index (χ1n) is 8.74. The van der Waals surface area contributed by atoms with E-state index in [9.17, 15) is 4.79 Å². The molecule has 7 heteroatoms. The number of carbonyl (C=O) groups excluding carboxylic acids is 1. The highest BCUT2D eigenvalue weighted by atomic mass is 16.5. The van der Waals surface area contributed by atoms with Gasteiger partial charge in [-0.1, -0.05) is 30.3 Å². The highest BCUT2D eigenvalue weighted by molar-refractivity contribution is 5.95. The second-order valence-electron chi connectivity index (χ2n) is 5.65. The minimum absolute atomic E-state index is 0.0233. The molecule has 0 unspecified atom stereocenters. The molecule has 0 aliphatic carbocycles. The van der Waals surface area contributed by atoms with Gasteiger partial charge in [-0.05, 0) is 24.6 Å². The van der Waals surface area contributed by atoms with Crippen LogP contribution in [-0.4, -0.2) is 39.2 Å². The third kappa shape index (κ3) is 6.54. The number of amides is 1. The predicted molar refractivity (Wildman–Crippen MR) is 107 cm³/mol. The molecule has 2 aromatic carbocycles. The average molecular weight is 370 g/mol. The molecule has 0 saturated heterocycles. The largest absolute Gasteiger partial charge is 0.493 e. The van der Waals surface area contributed by atoms with E-state index < -0.39 is 0 Å². The summed E-state index contributed by atoms with van der Waals surface area (Å²) in [6.45, 7) is 3.14. The molecule has 0 fully saturated rings. The third-order valence-electron chi connectivity index (χ3n) is 3.70. The van der Waals surface area contributed by atoms with E-state index >= 15 is 0 Å². The molecule has 0 heterocycles. The molecule has 1 amide bonds. The number of guanidine groups is 1. The van der Waals surface area contributed by atoms with Gasteiger partial charge in [-0.15, -0.1) is 0 Å². The lowest BCUT2D eigenvalue weighted by atomic mass is 10.2. The number of ether oxygens (including phenoxy) is 2. The van der Waals surface area contributed by atoms with Gasteiger partial charge in [0.05, 0.1) is 14.2 Å². The summed E-state index contributed by atoms with van der Waals surface area (Å²) in [7, 11) is 3.17. The molecule has 0 saturated carbocycles. The maximum absolute atomic E-state index is 12.1. The zero-order chi connectivity index (χ0) is 19.5. The molecule has 7 nitrogen and oxygen atoms in total. The van der Waals surface area contributed by atoms with E-state index in [0.29, 0.717) is 30.5 Å². The topological polar surface area (TPSA) is 84.0 Å². The molecule has 144 valence electrons. The number of benzene rings is 2. The van der Waals surface area contributed by atoms with Crippen LogP contribution in [0, 0.1) is 0 Å². The van der Waals surface area contributed by atoms with Crippen LogP contribution >= 0.6 is 0 Å². The highest BCUT2D eigenvalue weighted by Gasteiger charge is 2.07. The number of hydrogen-bond donors (Lipinski definition) is 3. The van der Waals surface area contributed by atoms with Gasteiger partial charge in [-0.25, -0.2) is 4.99 Å². The van der Waals surface area contributed by atoms with Crippen LogP contribution in [-0.2, 0) is 11.3 Å². The number of rotatable bonds is 8. The Kier molecular flexibility index (Phi) is 7.96. The van der Waals surface area contributed by atoms with Crippen molar-refractivity contribution >= 4 is 17.6 Å². The van der Waals surface area contributed by atoms with Crippen molar-refractivity contribution in [2.24, 2.45) is 4.99 Å². The predicted octanol–water partition coefficient (Wildman–Crippen LogP) is 2.40. The maximum Gasteiger partial charge on any atom is 0.242 e. The molecule has 0 bridgehead atoms. The van der Waals surface area contributed by atoms with Gasteiger partial charge in [-0.2, -0.15) is 0 Å². The Morgan fingerprint density at radius 2 is 1.74 bits per heavy atom. The van der Waals surface area contributed by atoms with Gasteiger partial charge in [-0.3, -0.25) is 4.79 Å². The van der Waals surface area contributed by atoms with E-state index in [0.717, 1.165) is 11.3 Å². The van der Waals surface area contributed by atoms with E-state index in [2.05, 4.69) is 20.9 Å². The maximum atomic E-state index is 12.1. The van der Waals surface area contributed by atoms with Crippen molar-refractivity contribution in [3.63, 3.8) is 0 Å². The third-order valence-corrected chi connectivity index (χ3v) is 3.70. The molecular weight excluding hydrogens is 344 g/mol. The van der Waals surface area contributed by atoms with Gasteiger partial charge < -0.3 is 25.4 Å². The summed E-state index contributed by atoms with van der Waals surface area (Å²) in [6, 6.07) is 15.2. The van der Waals surface area contributed by atoms with Crippen LogP contribution in [0.25, 0.3) is 0 Å². The fraction of sp³-hybridized carbons (Fsp3) is 0.300. The summed E-state index contributed by atoms with van der Waals surface area (Å²) >= 11 is 0. The van der Waals surface area contributed by atoms with Crippen LogP contribution in [0.3, 0.4) is 0 Å². The van der Waals surface area contributed by atoms with Crippen LogP contribution in [0.4, 0.5) is 5.69 Å². The quantitative estimate of drug-likeness (QED) is 0.491. The zero-order valence-corrected chi connectivity index (χ0v) is 15.9. The summed E-state index contributed by atoms with van der Waals surface area (Å²) < 4.78 is 10.5. The van der Waals surface area contributed by atoms with Crippen LogP contribution in [0.15, 0.2) is 53.5 Å². The Balaban J connectivity index is 1.96. The lowest BCUT2D eigenvalue weighted by molar-refractivity contribution is -0.119. The number of carbonyl (C=O) groups is 1. The number of nitrogens with zero attached hydrogens (tertiary/aromatic N) is 1. The van der Waals surface area contributed by atoms with E-state index in [-0.39, 0.29) is 12.5 Å². The van der Waals surface area contributed by atoms with Gasteiger partial charge in [0.2, 0.25) is 5.91 Å². The molecular formula is C20H26N4O3. The van der Waals surface area contributed by atoms with Gasteiger partial charge in [0, 0.05) is 24.8 Å². The van der Waals surface area contributed by atoms with Gasteiger partial charge >= 0.3 is 0 Å². The average Bonchev–Trinajstić information content (AvgIpc) is 2.71. The van der Waals surface area contributed by atoms with Crippen molar-refractivity contribution in [3.05, 3.63) is 54.1 Å². The number of aliphatic imine (C=N–C) groups is 1. The summed E-state index contributed by atoms with van der Waals surface area (Å²) in [5.74, 6) is 1.62. The summed E-state index contributed by atoms with van der Waals surface area (Å²) in [6.07, 6.45) is 0. The Labute approximate surface area is 159 Å². The number of hydrogen-bond acceptors (Lipinski definition) is 4. The minimum Gasteiger partial charge on any atom is -0.493 e. The first kappa shape index (κ1) is 20.1. The molecule has 2 aromatic rings. The summed E-state index contributed by atoms with van der Waals surface area (Å²) in [4.78, 5) is 16.4. The van der Waals surface area contributed by atoms with E-state index in [1.54, 1.807) is 26.4 Å². The molecule has 3 N–H and O–H groups in total. The lowest BCUT2D eigenvalue weighted by Gasteiger charge is -2.13. The SMILES string of the molecule is CCNC(=NCC(=O)NCc1ccccc1)Nc1ccc(OC)c(OC)c1. The second-order valence-corrected chi connectivity index (χ2v) is 5.65. The number of anilines is 1. The monoisotopic (exact) mass is 370 g/mol. The molecule has 0 atom stereocenters. The fourth-order valence-corrected chi connectivity index (χ4v) is 2.36. The van der Waals surface area contributed by atoms with E-state index in [1.165, 1.54) is 0 Å². The number of methoxy groups -OCH3 is 2. The van der Waals surface area contributed by atoms with Crippen LogP contribution < -0.4 is 25.4 Å². The summed E-state index contributed by atoms with van der Waals surface area (Å²) in [5, 5.41) is 9.13. The molecule has 0 aliphatic heterocycles. The summed E-state index contributed by atoms with van der Waals surface area (Å²) in [5.41, 5.74) is 1.82. The van der Waals surface area contributed by atoms with Gasteiger partial charge in [0.15, 0.2) is 17.5 Å². The van der Waals surface area contributed by atoms with E-state index in [1.807, 2.05) is 43.3 Å². The normalized spacial score (nSPS) is 10.9. The first-order valence-corrected chi connectivity index (χ1v) is 8.74. The highest BCUT2D eigenvalue weighted by Crippen LogP contribution is 2.29. The fourth-order valence-electron chi connectivity index (χ4n) is 2.36. The van der Waals surface area contributed by atoms with Gasteiger partial charge in [0.25, 0.3) is 0 Å². The Hall–Kier alpha value is -3.22. The Morgan fingerprint density at radius 3 is 2.41 bits per heavy atom. The van der Waals surface area contributed by atoms with Crippen molar-refractivity contribution in [3.8, 4) is 11.5 Å². The molecule has 2 rings (SSSR count). The zero-order valence-electron chi connectivity index (χ0n) is 15.9. The minimum atomic E-state index is -0.150. The first-order chi connectivity index (χ1) is 13.2. The van der Waals surface area contributed by atoms with Crippen molar-refractivity contribution < 1.29 is 14.3 Å². The van der Waals surface area contributed by atoms with Crippen molar-refractivity contribution in [2.45, 2.75) is 13.5 Å². The van der Waals surface area contributed by atoms with Crippen LogP contribution in [0.2, 0.25) is 0 Å². The lowest BCUT2D eigenvalue weighted by Crippen LogP contribution is -2.33. The Morgan fingerprint density at radius 1 is 1.00 bits per heavy atom. The van der Waals surface area contributed by atoms with E-state index in [4.69, 9.17) is 9.47 Å². The van der Waals surface area contributed by atoms with Crippen molar-refractivity contribution in [2.75, 3.05) is 32.6 Å². The smallest absolute Gasteiger partial charge is 0.242 e. The van der Waals surface area contributed by atoms with Crippen molar-refractivity contribution in [1.82, 2.24) is 10.6 Å². The number of nitrogens with one attached hydrogen (secondary N) is 3. The second kappa shape index (κ2) is 10.7. The van der Waals surface area contributed by atoms with Crippen LogP contribution in [0.5, 0.6) is 11.5 Å². The molecule has 27 heavy (non-hydrogen) atoms. The van der Waals surface area contributed by atoms with Crippen LogP contribution in [0.1, 0.15) is 12.5 Å². The standard InChI is InChI=1S/C20H26N4O3/c1-4-21-20(24-16-10-11-17(26-2)18(12-16)27-3)23-14-19(25)22-13-15-8-6-5-7-9-15/h5-12H,4,13-14H2,1-3H3,(H,22,25)(H2,21,23,24). The molecule has 0 radical (unpaired) electrons. The Bertz CT molecular complexity index is 763. The van der Waals surface area contributed by atoms with Crippen molar-refractivity contribution in [1.29, 1.82) is 0 Å². The molecule has 0 spiro atoms. The molecule has 0 aromatic heterocycles. The van der Waals surface area contributed by atoms with Gasteiger partial charge in [0.1, 0.15) is 6.54 Å². The molecule has 0 aliphatic rings.